The van der Waals surface area contributed by atoms with Gasteiger partial charge in [-0.15, -0.1) is 0 Å². The van der Waals surface area contributed by atoms with Crippen molar-refractivity contribution in [2.24, 2.45) is 5.92 Å². The first-order valence-corrected chi connectivity index (χ1v) is 7.87. The highest BCUT2D eigenvalue weighted by Crippen LogP contribution is 2.39. The van der Waals surface area contributed by atoms with Crippen LogP contribution in [0.4, 0.5) is 11.4 Å². The number of hydrogen-bond acceptors (Lipinski definition) is 3. The average molecular weight is 296 g/mol. The lowest BCUT2D eigenvalue weighted by atomic mass is 10.1. The summed E-state index contributed by atoms with van der Waals surface area (Å²) in [5, 5.41) is 0. The Labute approximate surface area is 133 Å². The van der Waals surface area contributed by atoms with Gasteiger partial charge in [0, 0.05) is 24.3 Å². The molecule has 1 atom stereocenters. The van der Waals surface area contributed by atoms with Crippen molar-refractivity contribution in [3.8, 4) is 5.75 Å². The molecule has 0 aromatic heterocycles. The highest BCUT2D eigenvalue weighted by atomic mass is 16.5. The third kappa shape index (κ3) is 3.09. The number of hydrogen-bond donors (Lipinski definition) is 0. The van der Waals surface area contributed by atoms with Gasteiger partial charge in [0.25, 0.3) is 0 Å². The van der Waals surface area contributed by atoms with Crippen LogP contribution in [0.2, 0.25) is 0 Å². The van der Waals surface area contributed by atoms with Crippen LogP contribution in [0.25, 0.3) is 0 Å². The monoisotopic (exact) mass is 296 g/mol. The van der Waals surface area contributed by atoms with E-state index in [0.717, 1.165) is 24.5 Å². The number of fused-ring (bicyclic) bond motifs is 2. The lowest BCUT2D eigenvalue weighted by Gasteiger charge is -2.29. The van der Waals surface area contributed by atoms with Gasteiger partial charge in [0.2, 0.25) is 0 Å². The number of para-hydroxylation sites is 3. The Morgan fingerprint density at radius 2 is 1.73 bits per heavy atom. The summed E-state index contributed by atoms with van der Waals surface area (Å²) in [6, 6.07) is 16.9. The highest BCUT2D eigenvalue weighted by Gasteiger charge is 2.22. The first-order valence-electron chi connectivity index (χ1n) is 7.87. The van der Waals surface area contributed by atoms with Crippen LogP contribution in [0.1, 0.15) is 12.5 Å². The minimum atomic E-state index is 0.564. The maximum atomic E-state index is 6.02. The second-order valence-corrected chi connectivity index (χ2v) is 6.36. The third-order valence-electron chi connectivity index (χ3n) is 3.99. The Hall–Kier alpha value is -2.00. The van der Waals surface area contributed by atoms with Crippen LogP contribution >= 0.6 is 0 Å². The Kier molecular flexibility index (Phi) is 4.34. The van der Waals surface area contributed by atoms with E-state index < -0.39 is 0 Å². The fourth-order valence-electron chi connectivity index (χ4n) is 3.17. The van der Waals surface area contributed by atoms with Gasteiger partial charge in [-0.2, -0.15) is 0 Å². The summed E-state index contributed by atoms with van der Waals surface area (Å²) < 4.78 is 6.02. The zero-order chi connectivity index (χ0) is 15.5. The summed E-state index contributed by atoms with van der Waals surface area (Å²) in [6.45, 7) is 4.99. The average Bonchev–Trinajstić information content (AvgIpc) is 2.65. The van der Waals surface area contributed by atoms with Crippen molar-refractivity contribution in [3.05, 3.63) is 54.1 Å². The fraction of sp³-hybridized carbons (Fsp3) is 0.368. The fourth-order valence-corrected chi connectivity index (χ4v) is 3.17. The summed E-state index contributed by atoms with van der Waals surface area (Å²) in [5.74, 6) is 1.53. The molecule has 3 rings (SSSR count). The number of rotatable bonds is 4. The van der Waals surface area contributed by atoms with Crippen LogP contribution in [0.5, 0.6) is 5.75 Å². The predicted octanol–water partition coefficient (Wildman–Crippen LogP) is 3.91. The molecule has 3 heteroatoms. The molecule has 1 heterocycles. The summed E-state index contributed by atoms with van der Waals surface area (Å²) in [7, 11) is 4.26. The molecule has 0 bridgehead atoms. The molecule has 3 nitrogen and oxygen atoms in total. The second kappa shape index (κ2) is 6.41. The van der Waals surface area contributed by atoms with E-state index in [0.29, 0.717) is 12.5 Å². The molecule has 2 aromatic carbocycles. The molecule has 1 aliphatic rings. The van der Waals surface area contributed by atoms with Gasteiger partial charge in [0.15, 0.2) is 0 Å². The van der Waals surface area contributed by atoms with Gasteiger partial charge in [-0.1, -0.05) is 37.3 Å². The standard InChI is InChI=1S/C19H24N2O/c1-15(12-20(2)3)13-21-17-9-5-4-8-16(17)14-22-19-11-7-6-10-18(19)21/h4-11,15H,12-14H2,1-3H3/t15-/m0/s1. The zero-order valence-corrected chi connectivity index (χ0v) is 13.6. The van der Waals surface area contributed by atoms with E-state index in [4.69, 9.17) is 4.74 Å². The van der Waals surface area contributed by atoms with Crippen LogP contribution in [-0.2, 0) is 6.61 Å². The Bertz CT molecular complexity index is 591. The zero-order valence-electron chi connectivity index (χ0n) is 13.6. The minimum absolute atomic E-state index is 0.564. The van der Waals surface area contributed by atoms with Gasteiger partial charge in [-0.25, -0.2) is 0 Å². The van der Waals surface area contributed by atoms with Gasteiger partial charge in [-0.3, -0.25) is 0 Å². The summed E-state index contributed by atoms with van der Waals surface area (Å²) in [5.41, 5.74) is 3.67. The molecule has 0 amide bonds. The molecule has 2 aromatic rings. The van der Waals surface area contributed by atoms with Crippen LogP contribution in [0.3, 0.4) is 0 Å². The van der Waals surface area contributed by atoms with Crippen molar-refractivity contribution in [2.45, 2.75) is 13.5 Å². The van der Waals surface area contributed by atoms with Gasteiger partial charge < -0.3 is 14.5 Å². The number of nitrogens with zero attached hydrogens (tertiary/aromatic N) is 2. The van der Waals surface area contributed by atoms with Gasteiger partial charge in [0.05, 0.1) is 5.69 Å². The van der Waals surface area contributed by atoms with Crippen LogP contribution in [0.15, 0.2) is 48.5 Å². The molecule has 0 radical (unpaired) electrons. The molecule has 22 heavy (non-hydrogen) atoms. The molecule has 0 unspecified atom stereocenters. The van der Waals surface area contributed by atoms with Gasteiger partial charge >= 0.3 is 0 Å². The molecule has 0 saturated heterocycles. The Morgan fingerprint density at radius 3 is 2.50 bits per heavy atom. The highest BCUT2D eigenvalue weighted by molar-refractivity contribution is 5.72. The molecular formula is C19H24N2O. The number of benzene rings is 2. The lowest BCUT2D eigenvalue weighted by Crippen LogP contribution is -2.30. The first-order chi connectivity index (χ1) is 10.6. The van der Waals surface area contributed by atoms with Gasteiger partial charge in [-0.05, 0) is 38.2 Å². The van der Waals surface area contributed by atoms with Crippen LogP contribution in [-0.4, -0.2) is 32.1 Å². The van der Waals surface area contributed by atoms with E-state index in [1.807, 2.05) is 6.07 Å². The molecule has 1 aliphatic heterocycles. The number of anilines is 2. The van der Waals surface area contributed by atoms with Crippen LogP contribution in [0, 0.1) is 5.92 Å². The van der Waals surface area contributed by atoms with Crippen molar-refractivity contribution >= 4 is 11.4 Å². The topological polar surface area (TPSA) is 15.7 Å². The SMILES string of the molecule is C[C@@H](CN(C)C)CN1c2ccccc2COc2ccccc21. The largest absolute Gasteiger partial charge is 0.487 e. The summed E-state index contributed by atoms with van der Waals surface area (Å²) in [4.78, 5) is 4.66. The predicted molar refractivity (Wildman–Crippen MR) is 91.9 cm³/mol. The third-order valence-corrected chi connectivity index (χ3v) is 3.99. The van der Waals surface area contributed by atoms with Crippen LogP contribution < -0.4 is 9.64 Å². The Morgan fingerprint density at radius 1 is 1.05 bits per heavy atom. The normalized spacial score (nSPS) is 14.8. The van der Waals surface area contributed by atoms with Crippen molar-refractivity contribution < 1.29 is 4.74 Å². The van der Waals surface area contributed by atoms with Gasteiger partial charge in [0.1, 0.15) is 12.4 Å². The molecule has 0 aliphatic carbocycles. The molecule has 0 saturated carbocycles. The maximum Gasteiger partial charge on any atom is 0.143 e. The molecule has 116 valence electrons. The quantitative estimate of drug-likeness (QED) is 0.850. The summed E-state index contributed by atoms with van der Waals surface area (Å²) in [6.07, 6.45) is 0. The van der Waals surface area contributed by atoms with Crippen molar-refractivity contribution in [2.75, 3.05) is 32.1 Å². The molecule has 0 spiro atoms. The number of ether oxygens (including phenoxy) is 1. The smallest absolute Gasteiger partial charge is 0.143 e. The molecule has 0 fully saturated rings. The van der Waals surface area contributed by atoms with E-state index in [1.165, 1.54) is 11.3 Å². The van der Waals surface area contributed by atoms with E-state index in [-0.39, 0.29) is 0 Å². The van der Waals surface area contributed by atoms with E-state index in [1.54, 1.807) is 0 Å². The van der Waals surface area contributed by atoms with E-state index in [9.17, 15) is 0 Å². The second-order valence-electron chi connectivity index (χ2n) is 6.36. The first kappa shape index (κ1) is 14.9. The maximum absolute atomic E-state index is 6.02. The van der Waals surface area contributed by atoms with Crippen molar-refractivity contribution in [1.82, 2.24) is 4.90 Å². The van der Waals surface area contributed by atoms with Crippen molar-refractivity contribution in [3.63, 3.8) is 0 Å². The molecule has 0 N–H and O–H groups in total. The molecular weight excluding hydrogens is 272 g/mol. The summed E-state index contributed by atoms with van der Waals surface area (Å²) >= 11 is 0. The van der Waals surface area contributed by atoms with E-state index in [2.05, 4.69) is 73.3 Å². The lowest BCUT2D eigenvalue weighted by molar-refractivity contribution is 0.310. The minimum Gasteiger partial charge on any atom is -0.487 e. The van der Waals surface area contributed by atoms with E-state index >= 15 is 0 Å². The Balaban J connectivity index is 1.99. The van der Waals surface area contributed by atoms with Crippen molar-refractivity contribution in [1.29, 1.82) is 0 Å².